The summed E-state index contributed by atoms with van der Waals surface area (Å²) < 4.78 is 5.27. The SMILES string of the molecule is O=C(CCN1CC[C@]23CCCC[C@H]2[C@H]1Cc1ccc(O)cc13)c1ccco1. The van der Waals surface area contributed by atoms with Gasteiger partial charge in [-0.25, -0.2) is 0 Å². The molecule has 2 aliphatic carbocycles. The van der Waals surface area contributed by atoms with E-state index < -0.39 is 0 Å². The van der Waals surface area contributed by atoms with Gasteiger partial charge in [-0.15, -0.1) is 0 Å². The molecule has 1 aromatic heterocycles. The third kappa shape index (κ3) is 2.73. The molecule has 1 saturated heterocycles. The number of hydrogen-bond donors (Lipinski definition) is 1. The van der Waals surface area contributed by atoms with Gasteiger partial charge in [0, 0.05) is 24.4 Å². The van der Waals surface area contributed by atoms with Crippen LogP contribution in [-0.2, 0) is 11.8 Å². The maximum absolute atomic E-state index is 12.4. The molecule has 2 aromatic rings. The zero-order valence-corrected chi connectivity index (χ0v) is 15.7. The highest BCUT2D eigenvalue weighted by Crippen LogP contribution is 2.56. The summed E-state index contributed by atoms with van der Waals surface area (Å²) in [6, 6.07) is 10.0. The molecule has 27 heavy (non-hydrogen) atoms. The summed E-state index contributed by atoms with van der Waals surface area (Å²) in [5.41, 5.74) is 3.05. The van der Waals surface area contributed by atoms with E-state index in [4.69, 9.17) is 4.42 Å². The molecule has 4 heteroatoms. The Bertz CT molecular complexity index is 843. The fraction of sp³-hybridized carbons (Fsp3) is 0.522. The van der Waals surface area contributed by atoms with Crippen molar-refractivity contribution in [3.63, 3.8) is 0 Å². The molecule has 0 spiro atoms. The van der Waals surface area contributed by atoms with E-state index in [1.165, 1.54) is 36.8 Å². The van der Waals surface area contributed by atoms with Crippen LogP contribution in [0.3, 0.4) is 0 Å². The largest absolute Gasteiger partial charge is 0.508 e. The summed E-state index contributed by atoms with van der Waals surface area (Å²) in [7, 11) is 0. The number of fused-ring (bicyclic) bond motifs is 1. The maximum atomic E-state index is 12.4. The number of carbonyl (C=O) groups excluding carboxylic acids is 1. The molecule has 0 unspecified atom stereocenters. The van der Waals surface area contributed by atoms with Crippen LogP contribution in [0, 0.1) is 5.92 Å². The molecule has 4 nitrogen and oxygen atoms in total. The van der Waals surface area contributed by atoms with E-state index in [2.05, 4.69) is 11.0 Å². The fourth-order valence-corrected chi connectivity index (χ4v) is 6.16. The van der Waals surface area contributed by atoms with E-state index in [0.29, 0.717) is 29.9 Å². The highest BCUT2D eigenvalue weighted by atomic mass is 16.3. The van der Waals surface area contributed by atoms with Crippen LogP contribution in [0.15, 0.2) is 41.0 Å². The van der Waals surface area contributed by atoms with Crippen molar-refractivity contribution in [2.24, 2.45) is 5.92 Å². The van der Waals surface area contributed by atoms with Gasteiger partial charge in [-0.1, -0.05) is 18.9 Å². The Morgan fingerprint density at radius 1 is 1.26 bits per heavy atom. The smallest absolute Gasteiger partial charge is 0.199 e. The van der Waals surface area contributed by atoms with Crippen molar-refractivity contribution in [1.29, 1.82) is 0 Å². The Kier molecular flexibility index (Phi) is 4.12. The van der Waals surface area contributed by atoms with Gasteiger partial charge in [0.2, 0.25) is 0 Å². The number of phenolic OH excluding ortho intramolecular Hbond substituents is 1. The molecular formula is C23H27NO3. The fourth-order valence-electron chi connectivity index (χ4n) is 6.16. The van der Waals surface area contributed by atoms with Gasteiger partial charge >= 0.3 is 0 Å². The molecule has 3 atom stereocenters. The summed E-state index contributed by atoms with van der Waals surface area (Å²) in [6.45, 7) is 1.85. The maximum Gasteiger partial charge on any atom is 0.199 e. The van der Waals surface area contributed by atoms with Crippen molar-refractivity contribution in [3.05, 3.63) is 53.5 Å². The number of piperidine rings is 1. The van der Waals surface area contributed by atoms with Gasteiger partial charge in [0.05, 0.1) is 6.26 Å². The number of likely N-dealkylation sites (tertiary alicyclic amines) is 1. The first-order chi connectivity index (χ1) is 13.2. The number of carbonyl (C=O) groups is 1. The van der Waals surface area contributed by atoms with Gasteiger partial charge in [-0.3, -0.25) is 9.69 Å². The first-order valence-electron chi connectivity index (χ1n) is 10.3. The van der Waals surface area contributed by atoms with Crippen LogP contribution in [-0.4, -0.2) is 34.9 Å². The molecule has 3 aliphatic rings. The average molecular weight is 365 g/mol. The predicted octanol–water partition coefficient (Wildman–Crippen LogP) is 4.32. The van der Waals surface area contributed by atoms with Gasteiger partial charge in [-0.2, -0.15) is 0 Å². The zero-order chi connectivity index (χ0) is 18.4. The van der Waals surface area contributed by atoms with Crippen LogP contribution in [0.1, 0.15) is 60.2 Å². The van der Waals surface area contributed by atoms with Gasteiger partial charge in [0.25, 0.3) is 0 Å². The molecule has 1 saturated carbocycles. The second-order valence-corrected chi connectivity index (χ2v) is 8.56. The lowest BCUT2D eigenvalue weighted by Crippen LogP contribution is -2.61. The van der Waals surface area contributed by atoms with E-state index in [1.54, 1.807) is 18.4 Å². The lowest BCUT2D eigenvalue weighted by atomic mass is 9.52. The molecule has 1 aromatic carbocycles. The second kappa shape index (κ2) is 6.52. The Balaban J connectivity index is 1.41. The normalized spacial score (nSPS) is 29.8. The molecule has 0 radical (unpaired) electrons. The Morgan fingerprint density at radius 2 is 2.19 bits per heavy atom. The Labute approximate surface area is 160 Å². The van der Waals surface area contributed by atoms with Crippen LogP contribution in [0.5, 0.6) is 5.75 Å². The van der Waals surface area contributed by atoms with Crippen molar-refractivity contribution in [3.8, 4) is 5.75 Å². The minimum Gasteiger partial charge on any atom is -0.508 e. The number of furan rings is 1. The summed E-state index contributed by atoms with van der Waals surface area (Å²) in [5, 5.41) is 10.1. The average Bonchev–Trinajstić information content (AvgIpc) is 3.22. The monoisotopic (exact) mass is 365 g/mol. The highest BCUT2D eigenvalue weighted by Gasteiger charge is 2.53. The van der Waals surface area contributed by atoms with Crippen LogP contribution in [0.25, 0.3) is 0 Å². The molecule has 0 amide bonds. The van der Waals surface area contributed by atoms with Gasteiger partial charge in [0.1, 0.15) is 5.75 Å². The van der Waals surface area contributed by atoms with E-state index in [-0.39, 0.29) is 11.2 Å². The minimum absolute atomic E-state index is 0.0987. The first kappa shape index (κ1) is 17.1. The predicted molar refractivity (Wildman–Crippen MR) is 103 cm³/mol. The van der Waals surface area contributed by atoms with Crippen molar-refractivity contribution in [1.82, 2.24) is 4.90 Å². The number of hydrogen-bond acceptors (Lipinski definition) is 4. The number of rotatable bonds is 4. The van der Waals surface area contributed by atoms with E-state index in [9.17, 15) is 9.90 Å². The Hall–Kier alpha value is -2.07. The third-order valence-corrected chi connectivity index (χ3v) is 7.36. The van der Waals surface area contributed by atoms with Gasteiger partial charge < -0.3 is 9.52 Å². The summed E-state index contributed by atoms with van der Waals surface area (Å²) in [5.74, 6) is 1.62. The lowest BCUT2D eigenvalue weighted by Gasteiger charge is -2.59. The molecule has 142 valence electrons. The standard InChI is InChI=1S/C23H27NO3/c25-17-7-6-16-14-20-18-4-1-2-9-23(18,19(16)15-17)10-12-24(20)11-8-21(26)22-5-3-13-27-22/h3,5-7,13,15,18,20,25H,1-2,4,8-12,14H2/t18-,20+,23+/m0/s1. The molecule has 2 bridgehead atoms. The van der Waals surface area contributed by atoms with E-state index >= 15 is 0 Å². The van der Waals surface area contributed by atoms with Crippen LogP contribution >= 0.6 is 0 Å². The van der Waals surface area contributed by atoms with Gasteiger partial charge in [0.15, 0.2) is 11.5 Å². The number of ketones is 1. The molecule has 1 N–H and O–H groups in total. The third-order valence-electron chi connectivity index (χ3n) is 7.36. The second-order valence-electron chi connectivity index (χ2n) is 8.56. The van der Waals surface area contributed by atoms with Crippen molar-refractivity contribution in [2.75, 3.05) is 13.1 Å². The zero-order valence-electron chi connectivity index (χ0n) is 15.7. The molecular weight excluding hydrogens is 338 g/mol. The number of Topliss-reactive ketones (excluding diaryl/α,β-unsaturated/α-hetero) is 1. The van der Waals surface area contributed by atoms with Crippen LogP contribution in [0.4, 0.5) is 0 Å². The topological polar surface area (TPSA) is 53.7 Å². The summed E-state index contributed by atoms with van der Waals surface area (Å²) in [4.78, 5) is 15.0. The number of nitrogens with zero attached hydrogens (tertiary/aromatic N) is 1. The van der Waals surface area contributed by atoms with Crippen LogP contribution in [0.2, 0.25) is 0 Å². The summed E-state index contributed by atoms with van der Waals surface area (Å²) in [6.07, 6.45) is 9.36. The van der Waals surface area contributed by atoms with Crippen LogP contribution < -0.4 is 0 Å². The summed E-state index contributed by atoms with van der Waals surface area (Å²) >= 11 is 0. The number of aromatic hydroxyl groups is 1. The number of benzene rings is 1. The minimum atomic E-state index is 0.0987. The van der Waals surface area contributed by atoms with Gasteiger partial charge in [-0.05, 0) is 73.5 Å². The van der Waals surface area contributed by atoms with Crippen molar-refractivity contribution >= 4 is 5.78 Å². The first-order valence-corrected chi connectivity index (χ1v) is 10.3. The lowest BCUT2D eigenvalue weighted by molar-refractivity contribution is -0.0111. The van der Waals surface area contributed by atoms with Crippen molar-refractivity contribution in [2.45, 2.75) is 56.4 Å². The Morgan fingerprint density at radius 3 is 3.04 bits per heavy atom. The highest BCUT2D eigenvalue weighted by molar-refractivity contribution is 5.93. The molecule has 1 aliphatic heterocycles. The van der Waals surface area contributed by atoms with Crippen molar-refractivity contribution < 1.29 is 14.3 Å². The molecule has 2 heterocycles. The quantitative estimate of drug-likeness (QED) is 0.820. The molecule has 5 rings (SSSR count). The molecule has 2 fully saturated rings. The number of phenols is 1. The van der Waals surface area contributed by atoms with E-state index in [1.807, 2.05) is 12.1 Å². The van der Waals surface area contributed by atoms with E-state index in [0.717, 1.165) is 25.9 Å².